The van der Waals surface area contributed by atoms with Crippen molar-refractivity contribution in [3.05, 3.63) is 74.3 Å². The number of nitrogens with zero attached hydrogens (tertiary/aromatic N) is 4. The average molecular weight is 505 g/mol. The van der Waals surface area contributed by atoms with E-state index in [4.69, 9.17) is 0 Å². The molecule has 10 heteroatoms. The van der Waals surface area contributed by atoms with E-state index < -0.39 is 5.82 Å². The second-order valence-corrected chi connectivity index (χ2v) is 10.5. The number of halogens is 1. The Bertz CT molecular complexity index is 1530. The van der Waals surface area contributed by atoms with Crippen LogP contribution in [0.15, 0.2) is 47.7 Å². The van der Waals surface area contributed by atoms with Crippen LogP contribution in [0.4, 0.5) is 21.6 Å². The minimum Gasteiger partial charge on any atom is -0.333 e. The summed E-state index contributed by atoms with van der Waals surface area (Å²) in [4.78, 5) is 32.1. The number of nitrogens with one attached hydrogen (secondary N) is 2. The summed E-state index contributed by atoms with van der Waals surface area (Å²) in [7, 11) is 1.63. The highest BCUT2D eigenvalue weighted by atomic mass is 32.1. The molecule has 1 amide bonds. The second-order valence-electron chi connectivity index (χ2n) is 9.39. The van der Waals surface area contributed by atoms with Crippen LogP contribution in [0.1, 0.15) is 58.1 Å². The van der Waals surface area contributed by atoms with Crippen LogP contribution in [0.25, 0.3) is 11.3 Å². The fourth-order valence-electron chi connectivity index (χ4n) is 5.20. The Hall–Kier alpha value is -3.79. The standard InChI is InChI=1S/C26H25FN6O2S/c1-3-33-12-17(11-28-33)29-24-26(35)32(2)13-21(30-24)15-6-7-19(27)20(9-15)31-25(34)22-10-18-14-4-5-16(8-14)23(18)36-22/h6-7,9-14,16H,3-5,8H2,1-2H3,(H,29,30)(H,31,34). The number of amides is 1. The lowest BCUT2D eigenvalue weighted by Crippen LogP contribution is -2.21. The summed E-state index contributed by atoms with van der Waals surface area (Å²) in [6, 6.07) is 6.40. The van der Waals surface area contributed by atoms with Crippen LogP contribution < -0.4 is 16.2 Å². The van der Waals surface area contributed by atoms with Crippen LogP contribution in [0.3, 0.4) is 0 Å². The molecule has 36 heavy (non-hydrogen) atoms. The van der Waals surface area contributed by atoms with Crippen molar-refractivity contribution in [1.29, 1.82) is 0 Å². The van der Waals surface area contributed by atoms with Crippen LogP contribution in [0.2, 0.25) is 0 Å². The number of thiophene rings is 1. The van der Waals surface area contributed by atoms with Crippen molar-refractivity contribution >= 4 is 34.4 Å². The first kappa shape index (κ1) is 22.7. The number of hydrogen-bond acceptors (Lipinski definition) is 6. The van der Waals surface area contributed by atoms with Gasteiger partial charge < -0.3 is 15.2 Å². The lowest BCUT2D eigenvalue weighted by Gasteiger charge is -2.11. The molecule has 6 rings (SSSR count). The summed E-state index contributed by atoms with van der Waals surface area (Å²) in [6.45, 7) is 2.67. The van der Waals surface area contributed by atoms with Crippen molar-refractivity contribution in [1.82, 2.24) is 19.3 Å². The third-order valence-corrected chi connectivity index (χ3v) is 8.37. The van der Waals surface area contributed by atoms with E-state index in [0.717, 1.165) is 0 Å². The molecular formula is C26H25FN6O2S. The zero-order valence-corrected chi connectivity index (χ0v) is 20.7. The van der Waals surface area contributed by atoms with Gasteiger partial charge in [0.05, 0.1) is 28.1 Å². The SMILES string of the molecule is CCn1cc(Nc2nc(-c3ccc(F)c(NC(=O)c4cc5c(s4)C4CCC5C4)c3)cn(C)c2=O)cn1. The fraction of sp³-hybridized carbons (Fsp3) is 0.308. The third-order valence-electron chi connectivity index (χ3n) is 7.06. The molecule has 1 fully saturated rings. The van der Waals surface area contributed by atoms with Gasteiger partial charge in [-0.3, -0.25) is 14.3 Å². The highest BCUT2D eigenvalue weighted by Crippen LogP contribution is 2.55. The quantitative estimate of drug-likeness (QED) is 0.375. The number of carbonyl (C=O) groups excluding carboxylic acids is 1. The summed E-state index contributed by atoms with van der Waals surface area (Å²) < 4.78 is 17.8. The topological polar surface area (TPSA) is 93.8 Å². The Balaban J connectivity index is 1.27. The van der Waals surface area contributed by atoms with Crippen molar-refractivity contribution in [2.75, 3.05) is 10.6 Å². The van der Waals surface area contributed by atoms with Gasteiger partial charge in [-0.05, 0) is 67.9 Å². The molecule has 3 heterocycles. The van der Waals surface area contributed by atoms with E-state index in [1.807, 2.05) is 13.0 Å². The molecule has 0 saturated heterocycles. The molecule has 2 aliphatic carbocycles. The molecular weight excluding hydrogens is 479 g/mol. The van der Waals surface area contributed by atoms with Gasteiger partial charge in [-0.15, -0.1) is 11.3 Å². The van der Waals surface area contributed by atoms with Gasteiger partial charge in [0.25, 0.3) is 11.5 Å². The second kappa shape index (κ2) is 8.70. The van der Waals surface area contributed by atoms with Gasteiger partial charge >= 0.3 is 0 Å². The van der Waals surface area contributed by atoms with E-state index in [2.05, 4.69) is 20.7 Å². The maximum atomic E-state index is 14.7. The van der Waals surface area contributed by atoms with E-state index in [0.29, 0.717) is 40.2 Å². The minimum atomic E-state index is -0.536. The zero-order valence-electron chi connectivity index (χ0n) is 19.9. The monoisotopic (exact) mass is 504 g/mol. The first-order valence-corrected chi connectivity index (χ1v) is 12.8. The molecule has 2 N–H and O–H groups in total. The van der Waals surface area contributed by atoms with E-state index in [9.17, 15) is 14.0 Å². The molecule has 0 aliphatic heterocycles. The molecule has 1 saturated carbocycles. The van der Waals surface area contributed by atoms with Crippen LogP contribution in [0, 0.1) is 5.82 Å². The Morgan fingerprint density at radius 2 is 2.06 bits per heavy atom. The van der Waals surface area contributed by atoms with Crippen LogP contribution in [-0.2, 0) is 13.6 Å². The molecule has 2 bridgehead atoms. The van der Waals surface area contributed by atoms with Crippen LogP contribution in [-0.4, -0.2) is 25.2 Å². The summed E-state index contributed by atoms with van der Waals surface area (Å²) >= 11 is 1.53. The van der Waals surface area contributed by atoms with E-state index >= 15 is 0 Å². The lowest BCUT2D eigenvalue weighted by atomic mass is 9.99. The summed E-state index contributed by atoms with van der Waals surface area (Å²) in [5.74, 6) is 0.424. The number of aromatic nitrogens is 4. The molecule has 3 aromatic heterocycles. The third kappa shape index (κ3) is 3.91. The van der Waals surface area contributed by atoms with Crippen molar-refractivity contribution < 1.29 is 9.18 Å². The molecule has 2 atom stereocenters. The lowest BCUT2D eigenvalue weighted by molar-refractivity contribution is 0.103. The average Bonchev–Trinajstić information content (AvgIpc) is 3.65. The Morgan fingerprint density at radius 3 is 2.83 bits per heavy atom. The molecule has 4 aromatic rings. The van der Waals surface area contributed by atoms with E-state index in [1.165, 1.54) is 51.7 Å². The number of rotatable bonds is 6. The number of fused-ring (bicyclic) bond motifs is 5. The molecule has 0 spiro atoms. The van der Waals surface area contributed by atoms with Gasteiger partial charge in [-0.1, -0.05) is 0 Å². The van der Waals surface area contributed by atoms with E-state index in [1.54, 1.807) is 42.5 Å². The van der Waals surface area contributed by atoms with Crippen molar-refractivity contribution in [3.63, 3.8) is 0 Å². The smallest absolute Gasteiger partial charge is 0.293 e. The summed E-state index contributed by atoms with van der Waals surface area (Å²) in [6.07, 6.45) is 8.57. The zero-order chi connectivity index (χ0) is 25.0. The van der Waals surface area contributed by atoms with Gasteiger partial charge in [0.2, 0.25) is 0 Å². The van der Waals surface area contributed by atoms with E-state index in [-0.39, 0.29) is 23.0 Å². The molecule has 184 valence electrons. The molecule has 2 unspecified atom stereocenters. The van der Waals surface area contributed by atoms with Gasteiger partial charge in [0.15, 0.2) is 5.82 Å². The Morgan fingerprint density at radius 1 is 1.22 bits per heavy atom. The van der Waals surface area contributed by atoms with Gasteiger partial charge in [0, 0.05) is 36.4 Å². The highest BCUT2D eigenvalue weighted by Gasteiger charge is 2.39. The Kier molecular flexibility index (Phi) is 5.48. The molecule has 2 aliphatic rings. The molecule has 8 nitrogen and oxygen atoms in total. The largest absolute Gasteiger partial charge is 0.333 e. The number of aryl methyl sites for hydroxylation is 2. The molecule has 1 aromatic carbocycles. The maximum absolute atomic E-state index is 14.7. The summed E-state index contributed by atoms with van der Waals surface area (Å²) in [5, 5.41) is 9.96. The van der Waals surface area contributed by atoms with Crippen LogP contribution in [0.5, 0.6) is 0 Å². The maximum Gasteiger partial charge on any atom is 0.293 e. The van der Waals surface area contributed by atoms with Gasteiger partial charge in [0.1, 0.15) is 5.82 Å². The number of hydrogen-bond donors (Lipinski definition) is 2. The van der Waals surface area contributed by atoms with Gasteiger partial charge in [-0.2, -0.15) is 5.10 Å². The Labute approximate surface area is 210 Å². The normalized spacial score (nSPS) is 17.9. The minimum absolute atomic E-state index is 0.0726. The van der Waals surface area contributed by atoms with Crippen molar-refractivity contribution in [2.24, 2.45) is 7.05 Å². The summed E-state index contributed by atoms with van der Waals surface area (Å²) in [5.41, 5.74) is 2.74. The number of carbonyl (C=O) groups is 1. The molecule has 0 radical (unpaired) electrons. The first-order chi connectivity index (χ1) is 17.4. The fourth-order valence-corrected chi connectivity index (χ4v) is 6.49. The van der Waals surface area contributed by atoms with Crippen LogP contribution >= 0.6 is 11.3 Å². The number of anilines is 3. The van der Waals surface area contributed by atoms with Gasteiger partial charge in [-0.25, -0.2) is 9.37 Å². The first-order valence-electron chi connectivity index (χ1n) is 12.0. The van der Waals surface area contributed by atoms with Crippen molar-refractivity contribution in [2.45, 2.75) is 44.6 Å². The van der Waals surface area contributed by atoms with Crippen molar-refractivity contribution in [3.8, 4) is 11.3 Å². The predicted octanol–water partition coefficient (Wildman–Crippen LogP) is 5.22. The highest BCUT2D eigenvalue weighted by molar-refractivity contribution is 7.14. The number of benzene rings is 1. The predicted molar refractivity (Wildman–Crippen MR) is 138 cm³/mol.